The number of carbonyl (C=O) groups is 1. The summed E-state index contributed by atoms with van der Waals surface area (Å²) < 4.78 is 39.3. The van der Waals surface area contributed by atoms with Crippen LogP contribution in [-0.2, 0) is 7.05 Å². The van der Waals surface area contributed by atoms with Crippen molar-refractivity contribution in [3.63, 3.8) is 0 Å². The molecule has 3 rings (SSSR count). The van der Waals surface area contributed by atoms with E-state index in [1.54, 1.807) is 18.2 Å². The Morgan fingerprint density at radius 1 is 1.47 bits per heavy atom. The topological polar surface area (TPSA) is 85.3 Å². The fourth-order valence-electron chi connectivity index (χ4n) is 2.49. The Morgan fingerprint density at radius 2 is 2.17 bits per heavy atom. The third kappa shape index (κ3) is 5.58. The van der Waals surface area contributed by atoms with Gasteiger partial charge >= 0.3 is 5.51 Å². The monoisotopic (exact) mass is 521 g/mol. The van der Waals surface area contributed by atoms with Crippen molar-refractivity contribution in [2.24, 2.45) is 17.8 Å². The molecule has 30 heavy (non-hydrogen) atoms. The molecule has 1 aliphatic carbocycles. The molecule has 1 amide bonds. The number of nitrogens with one attached hydrogen (secondary N) is 1. The number of allylic oxidation sites excluding steroid dienone is 1. The van der Waals surface area contributed by atoms with Crippen LogP contribution in [0, 0.1) is 0 Å². The molecule has 0 unspecified atom stereocenters. The first-order valence-electron chi connectivity index (χ1n) is 8.64. The predicted octanol–water partition coefficient (Wildman–Crippen LogP) is 5.04. The smallest absolute Gasteiger partial charge is 0.404 e. The molecule has 0 bridgehead atoms. The van der Waals surface area contributed by atoms with E-state index >= 15 is 0 Å². The maximum absolute atomic E-state index is 12.7. The third-order valence-electron chi connectivity index (χ3n) is 4.11. The molecule has 1 aromatic heterocycles. The number of aliphatic imine (C=N–C) groups is 1. The minimum Gasteiger partial charge on any atom is -0.404 e. The number of aryl methyl sites for hydroxylation is 1. The Kier molecular flexibility index (Phi) is 6.83. The Labute approximate surface area is 187 Å². The number of carbonyl (C=O) groups excluding carboxylic acids is 1. The summed E-state index contributed by atoms with van der Waals surface area (Å²) in [5.74, 6) is -0.0948. The van der Waals surface area contributed by atoms with Gasteiger partial charge in [0, 0.05) is 42.8 Å². The van der Waals surface area contributed by atoms with E-state index in [-0.39, 0.29) is 39.0 Å². The van der Waals surface area contributed by atoms with Gasteiger partial charge in [0.2, 0.25) is 0 Å². The number of rotatable bonds is 6. The second-order valence-electron chi connectivity index (χ2n) is 6.44. The highest BCUT2D eigenvalue weighted by molar-refractivity contribution is 9.10. The molecule has 2 aromatic rings. The lowest BCUT2D eigenvalue weighted by Gasteiger charge is -2.09. The van der Waals surface area contributed by atoms with Gasteiger partial charge in [-0.05, 0) is 46.5 Å². The minimum absolute atomic E-state index is 0.112. The number of thioether (sulfide) groups is 1. The second-order valence-corrected chi connectivity index (χ2v) is 8.69. The molecule has 0 atom stereocenters. The summed E-state index contributed by atoms with van der Waals surface area (Å²) in [6.45, 7) is 0. The largest absolute Gasteiger partial charge is 0.447 e. The van der Waals surface area contributed by atoms with Gasteiger partial charge < -0.3 is 11.1 Å². The van der Waals surface area contributed by atoms with Crippen molar-refractivity contribution >= 4 is 62.8 Å². The van der Waals surface area contributed by atoms with Crippen LogP contribution in [0.1, 0.15) is 28.8 Å². The molecule has 6 nitrogen and oxygen atoms in total. The number of aromatic nitrogens is 2. The van der Waals surface area contributed by atoms with Crippen LogP contribution in [0.25, 0.3) is 5.57 Å². The Morgan fingerprint density at radius 3 is 2.77 bits per heavy atom. The molecule has 1 heterocycles. The summed E-state index contributed by atoms with van der Waals surface area (Å²) in [5, 5.41) is 6.75. The van der Waals surface area contributed by atoms with E-state index in [0.717, 1.165) is 12.8 Å². The Bertz CT molecular complexity index is 1030. The van der Waals surface area contributed by atoms with Crippen molar-refractivity contribution in [2.45, 2.75) is 29.4 Å². The summed E-state index contributed by atoms with van der Waals surface area (Å²) in [6, 6.07) is 5.01. The second kappa shape index (κ2) is 9.03. The molecule has 160 valence electrons. The minimum atomic E-state index is -4.47. The van der Waals surface area contributed by atoms with Gasteiger partial charge in [-0.1, -0.05) is 17.7 Å². The molecule has 1 aliphatic rings. The van der Waals surface area contributed by atoms with Crippen molar-refractivity contribution in [3.8, 4) is 0 Å². The van der Waals surface area contributed by atoms with E-state index in [1.165, 1.54) is 24.1 Å². The van der Waals surface area contributed by atoms with Gasteiger partial charge in [-0.2, -0.15) is 18.3 Å². The lowest BCUT2D eigenvalue weighted by atomic mass is 10.0. The van der Waals surface area contributed by atoms with Crippen LogP contribution in [0.2, 0.25) is 5.02 Å². The number of nitrogens with two attached hydrogens (primary N) is 1. The lowest BCUT2D eigenvalue weighted by Crippen LogP contribution is -2.25. The van der Waals surface area contributed by atoms with Gasteiger partial charge in [0.15, 0.2) is 5.82 Å². The van der Waals surface area contributed by atoms with E-state index < -0.39 is 5.51 Å². The first-order valence-corrected chi connectivity index (χ1v) is 10.6. The number of alkyl halides is 3. The molecule has 12 heteroatoms. The summed E-state index contributed by atoms with van der Waals surface area (Å²) in [7, 11) is 1.48. The molecular formula is C18H16BrClF3N5OS. The van der Waals surface area contributed by atoms with E-state index in [4.69, 9.17) is 17.3 Å². The quantitative estimate of drug-likeness (QED) is 0.411. The molecule has 0 saturated heterocycles. The third-order valence-corrected chi connectivity index (χ3v) is 6.14. The molecular weight excluding hydrogens is 507 g/mol. The fourth-order valence-corrected chi connectivity index (χ4v) is 3.94. The standard InChI is InChI=1S/C18H16BrClF3N5OS/c1-28-15(14(19)17(27-28)30-18(21,22)23)25-8-10(7-24)9-2-5-13(20)12(6-9)16(29)26-11-3-4-11/h2,5-8,11H,3-4,24H2,1H3,(H,26,29). The molecule has 0 radical (unpaired) electrons. The number of halogens is 5. The van der Waals surface area contributed by atoms with Gasteiger partial charge in [0.05, 0.1) is 15.1 Å². The summed E-state index contributed by atoms with van der Waals surface area (Å²) in [4.78, 5) is 16.6. The average molecular weight is 523 g/mol. The number of nitrogens with zero attached hydrogens (tertiary/aromatic N) is 3. The van der Waals surface area contributed by atoms with Crippen LogP contribution >= 0.6 is 39.3 Å². The van der Waals surface area contributed by atoms with E-state index in [9.17, 15) is 18.0 Å². The SMILES string of the molecule is Cn1nc(SC(F)(F)F)c(Br)c1N=CC(=CN)c1ccc(Cl)c(C(=O)NC2CC2)c1. The van der Waals surface area contributed by atoms with Gasteiger partial charge in [0.1, 0.15) is 5.03 Å². The summed E-state index contributed by atoms with van der Waals surface area (Å²) >= 11 is 8.93. The first-order chi connectivity index (χ1) is 14.1. The average Bonchev–Trinajstić information content (AvgIpc) is 3.43. The highest BCUT2D eigenvalue weighted by Gasteiger charge is 2.33. The van der Waals surface area contributed by atoms with Crippen molar-refractivity contribution in [3.05, 3.63) is 45.0 Å². The lowest BCUT2D eigenvalue weighted by molar-refractivity contribution is -0.0329. The summed E-state index contributed by atoms with van der Waals surface area (Å²) in [6.07, 6.45) is 4.55. The molecule has 0 aliphatic heterocycles. The van der Waals surface area contributed by atoms with Crippen LogP contribution < -0.4 is 11.1 Å². The first kappa shape index (κ1) is 22.7. The van der Waals surface area contributed by atoms with Crippen molar-refractivity contribution in [1.29, 1.82) is 0 Å². The van der Waals surface area contributed by atoms with E-state index in [2.05, 4.69) is 31.3 Å². The van der Waals surface area contributed by atoms with Crippen LogP contribution in [-0.4, -0.2) is 33.5 Å². The predicted molar refractivity (Wildman–Crippen MR) is 115 cm³/mol. The zero-order valence-corrected chi connectivity index (χ0v) is 18.7. The normalized spacial score (nSPS) is 15.1. The Hall–Kier alpha value is -1.98. The maximum atomic E-state index is 12.7. The molecule has 3 N–H and O–H groups in total. The Balaban J connectivity index is 1.86. The van der Waals surface area contributed by atoms with Gasteiger partial charge in [0.25, 0.3) is 5.91 Å². The molecule has 1 aromatic carbocycles. The zero-order valence-electron chi connectivity index (χ0n) is 15.5. The van der Waals surface area contributed by atoms with E-state index in [0.29, 0.717) is 21.7 Å². The maximum Gasteiger partial charge on any atom is 0.447 e. The van der Waals surface area contributed by atoms with Crippen molar-refractivity contribution in [1.82, 2.24) is 15.1 Å². The van der Waals surface area contributed by atoms with Gasteiger partial charge in [-0.3, -0.25) is 4.79 Å². The number of hydrogen-bond donors (Lipinski definition) is 2. The summed E-state index contributed by atoms with van der Waals surface area (Å²) in [5.41, 5.74) is 2.58. The van der Waals surface area contributed by atoms with Crippen molar-refractivity contribution < 1.29 is 18.0 Å². The zero-order chi connectivity index (χ0) is 22.1. The number of amides is 1. The van der Waals surface area contributed by atoms with Crippen LogP contribution in [0.15, 0.2) is 38.9 Å². The fraction of sp³-hybridized carbons (Fsp3) is 0.278. The van der Waals surface area contributed by atoms with Crippen molar-refractivity contribution in [2.75, 3.05) is 0 Å². The van der Waals surface area contributed by atoms with E-state index in [1.807, 2.05) is 0 Å². The van der Waals surface area contributed by atoms with Crippen LogP contribution in [0.4, 0.5) is 19.0 Å². The highest BCUT2D eigenvalue weighted by Crippen LogP contribution is 2.42. The van der Waals surface area contributed by atoms with Crippen LogP contribution in [0.5, 0.6) is 0 Å². The number of benzene rings is 1. The van der Waals surface area contributed by atoms with Gasteiger partial charge in [-0.25, -0.2) is 9.67 Å². The highest BCUT2D eigenvalue weighted by atomic mass is 79.9. The molecule has 1 fully saturated rings. The molecule has 1 saturated carbocycles. The number of hydrogen-bond acceptors (Lipinski definition) is 5. The van der Waals surface area contributed by atoms with Gasteiger partial charge in [-0.15, -0.1) is 0 Å². The van der Waals surface area contributed by atoms with Crippen LogP contribution in [0.3, 0.4) is 0 Å². The molecule has 0 spiro atoms.